The summed E-state index contributed by atoms with van der Waals surface area (Å²) in [5.74, 6) is -0.689. The predicted octanol–water partition coefficient (Wildman–Crippen LogP) is 2.12. The number of ether oxygens (including phenoxy) is 1. The zero-order valence-electron chi connectivity index (χ0n) is 15.3. The number of para-hydroxylation sites is 1. The summed E-state index contributed by atoms with van der Waals surface area (Å²) in [6, 6.07) is 13.5. The van der Waals surface area contributed by atoms with Crippen molar-refractivity contribution >= 4 is 46.0 Å². The quantitative estimate of drug-likeness (QED) is 0.530. The molecule has 4 N–H and O–H groups in total. The Balaban J connectivity index is 2.27. The number of anilines is 1. The number of nitrogens with two attached hydrogens (primary N) is 1. The third-order valence-corrected chi connectivity index (χ3v) is 9.92. The Morgan fingerprint density at radius 2 is 1.85 bits per heavy atom. The van der Waals surface area contributed by atoms with Crippen LogP contribution in [0, 0.1) is 0 Å². The van der Waals surface area contributed by atoms with E-state index in [9.17, 15) is 14.7 Å². The van der Waals surface area contributed by atoms with Crippen LogP contribution in [0.15, 0.2) is 48.5 Å². The van der Waals surface area contributed by atoms with Crippen molar-refractivity contribution in [3.63, 3.8) is 0 Å². The number of nitrogens with one attached hydrogen (secondary N) is 1. The number of benzene rings is 2. The molecule has 0 saturated carbocycles. The van der Waals surface area contributed by atoms with E-state index in [4.69, 9.17) is 10.5 Å². The van der Waals surface area contributed by atoms with Gasteiger partial charge in [-0.25, -0.2) is 0 Å². The van der Waals surface area contributed by atoms with E-state index in [2.05, 4.69) is 5.32 Å². The number of carboxylic acid groups (broad SMARTS) is 1. The molecule has 2 aromatic carbocycles. The number of carboxylic acids is 1. The van der Waals surface area contributed by atoms with Gasteiger partial charge in [-0.1, -0.05) is 0 Å². The number of hydrogen-bond donors (Lipinski definition) is 3. The second-order valence-corrected chi connectivity index (χ2v) is 10.6. The van der Waals surface area contributed by atoms with Crippen LogP contribution in [0.5, 0.6) is 5.75 Å². The number of rotatable bonds is 8. The molecule has 6 nitrogen and oxygen atoms in total. The van der Waals surface area contributed by atoms with Gasteiger partial charge in [0.15, 0.2) is 0 Å². The van der Waals surface area contributed by atoms with E-state index in [1.165, 1.54) is 10.2 Å². The summed E-state index contributed by atoms with van der Waals surface area (Å²) in [5.41, 5.74) is 7.01. The normalized spacial score (nSPS) is 12.3. The molecule has 1 amide bonds. The minimum atomic E-state index is -1.05. The average Bonchev–Trinajstić information content (AvgIpc) is 2.66. The molecule has 2 aromatic rings. The van der Waals surface area contributed by atoms with Crippen LogP contribution < -0.4 is 20.2 Å². The first kappa shape index (κ1) is 21.3. The molecule has 1 atom stereocenters. The molecule has 27 heavy (non-hydrogen) atoms. The average molecular weight is 453 g/mol. The van der Waals surface area contributed by atoms with Gasteiger partial charge in [-0.2, -0.15) is 0 Å². The Morgan fingerprint density at radius 1 is 1.19 bits per heavy atom. The van der Waals surface area contributed by atoms with Crippen molar-refractivity contribution in [2.45, 2.75) is 24.6 Å². The monoisotopic (exact) mass is 454 g/mol. The Morgan fingerprint density at radius 3 is 2.44 bits per heavy atom. The summed E-state index contributed by atoms with van der Waals surface area (Å²) in [7, 11) is 2.98. The van der Waals surface area contributed by atoms with Gasteiger partial charge in [-0.3, -0.25) is 0 Å². The molecule has 0 bridgehead atoms. The molecular formula is C19H22N2O4SSe. The van der Waals surface area contributed by atoms with Gasteiger partial charge in [0.1, 0.15) is 0 Å². The molecule has 0 saturated heterocycles. The van der Waals surface area contributed by atoms with Gasteiger partial charge >= 0.3 is 168 Å². The van der Waals surface area contributed by atoms with Crippen LogP contribution in [0.25, 0.3) is 0 Å². The van der Waals surface area contributed by atoms with Crippen LogP contribution in [0.1, 0.15) is 24.2 Å². The van der Waals surface area contributed by atoms with E-state index in [0.717, 1.165) is 4.46 Å². The maximum absolute atomic E-state index is 12.8. The zero-order chi connectivity index (χ0) is 20.0. The molecule has 0 aromatic heterocycles. The molecule has 0 radical (unpaired) electrons. The molecule has 8 heteroatoms. The first-order valence-electron chi connectivity index (χ1n) is 8.13. The Hall–Kier alpha value is -1.99. The first-order chi connectivity index (χ1) is 12.8. The topological polar surface area (TPSA) is 102 Å². The molecule has 2 rings (SSSR count). The Kier molecular flexibility index (Phi) is 7.33. The molecule has 0 heterocycles. The number of hydrogen-bond acceptors (Lipinski definition) is 5. The second-order valence-electron chi connectivity index (χ2n) is 6.24. The van der Waals surface area contributed by atoms with Gasteiger partial charge in [0.05, 0.1) is 0 Å². The zero-order valence-corrected chi connectivity index (χ0v) is 17.8. The van der Waals surface area contributed by atoms with Crippen molar-refractivity contribution in [3.8, 4) is 5.75 Å². The molecule has 0 fully saturated rings. The van der Waals surface area contributed by atoms with E-state index in [1.807, 2.05) is 30.3 Å². The van der Waals surface area contributed by atoms with Gasteiger partial charge < -0.3 is 0 Å². The third-order valence-electron chi connectivity index (χ3n) is 3.83. The van der Waals surface area contributed by atoms with E-state index in [1.54, 1.807) is 39.2 Å². The number of methoxy groups -OCH3 is 1. The molecule has 0 unspecified atom stereocenters. The van der Waals surface area contributed by atoms with E-state index >= 15 is 0 Å². The Labute approximate surface area is 168 Å². The number of aliphatic carboxylic acids is 1. The molecular weight excluding hydrogens is 431 g/mol. The standard InChI is InChI=1S/C19H22N2O4SSe/c1-19(2,16(20)18(23)24)26-27-15-13(10-7-11-14(15)25-3)17(22)21-12-8-5-4-6-9-12/h4-11,16H,20H2,1-3H3,(H,21,22)(H,23,24)/t16-/m0/s1. The fraction of sp³-hybridized carbons (Fsp3) is 0.263. The van der Waals surface area contributed by atoms with Crippen LogP contribution in [0.4, 0.5) is 5.69 Å². The predicted molar refractivity (Wildman–Crippen MR) is 110 cm³/mol. The summed E-state index contributed by atoms with van der Waals surface area (Å²) >= 11 is -0.285. The second kappa shape index (κ2) is 9.28. The maximum atomic E-state index is 12.8. The van der Waals surface area contributed by atoms with Gasteiger partial charge in [-0.15, -0.1) is 0 Å². The van der Waals surface area contributed by atoms with E-state index < -0.39 is 16.8 Å². The van der Waals surface area contributed by atoms with Crippen molar-refractivity contribution in [3.05, 3.63) is 54.1 Å². The molecule has 0 aliphatic heterocycles. The summed E-state index contributed by atoms with van der Waals surface area (Å²) in [4.78, 5) is 24.0. The van der Waals surface area contributed by atoms with Crippen LogP contribution >= 0.6 is 10.2 Å². The van der Waals surface area contributed by atoms with Gasteiger partial charge in [0, 0.05) is 0 Å². The van der Waals surface area contributed by atoms with Crippen molar-refractivity contribution in [1.29, 1.82) is 0 Å². The van der Waals surface area contributed by atoms with Crippen LogP contribution in [-0.4, -0.2) is 48.7 Å². The summed E-state index contributed by atoms with van der Waals surface area (Å²) in [5, 5.41) is 12.1. The molecule has 0 aliphatic carbocycles. The summed E-state index contributed by atoms with van der Waals surface area (Å²) in [6.07, 6.45) is 0. The number of amides is 1. The van der Waals surface area contributed by atoms with Crippen LogP contribution in [0.2, 0.25) is 0 Å². The third kappa shape index (κ3) is 5.49. The van der Waals surface area contributed by atoms with Crippen molar-refractivity contribution in [2.75, 3.05) is 12.4 Å². The van der Waals surface area contributed by atoms with E-state index in [-0.39, 0.29) is 19.7 Å². The van der Waals surface area contributed by atoms with Crippen LogP contribution in [-0.2, 0) is 4.79 Å². The number of carbonyl (C=O) groups excluding carboxylic acids is 1. The van der Waals surface area contributed by atoms with Crippen molar-refractivity contribution < 1.29 is 19.4 Å². The Bertz CT molecular complexity index is 815. The fourth-order valence-electron chi connectivity index (χ4n) is 2.16. The van der Waals surface area contributed by atoms with Crippen molar-refractivity contribution in [2.24, 2.45) is 5.73 Å². The van der Waals surface area contributed by atoms with Gasteiger partial charge in [0.2, 0.25) is 0 Å². The molecule has 0 spiro atoms. The molecule has 0 aliphatic rings. The summed E-state index contributed by atoms with van der Waals surface area (Å²) < 4.78 is 5.50. The fourth-order valence-corrected chi connectivity index (χ4v) is 7.10. The van der Waals surface area contributed by atoms with Crippen molar-refractivity contribution in [1.82, 2.24) is 0 Å². The first-order valence-corrected chi connectivity index (χ1v) is 11.8. The molecule has 144 valence electrons. The SMILES string of the molecule is COc1cccc(C(=O)Nc2ccccc2)c1[Se]SC(C)(C)[C@@H](N)C(=O)O. The van der Waals surface area contributed by atoms with E-state index in [0.29, 0.717) is 17.0 Å². The summed E-state index contributed by atoms with van der Waals surface area (Å²) in [6.45, 7) is 3.58. The van der Waals surface area contributed by atoms with Gasteiger partial charge in [-0.05, 0) is 0 Å². The minimum absolute atomic E-state index is 0.238. The van der Waals surface area contributed by atoms with Crippen LogP contribution in [0.3, 0.4) is 0 Å². The number of carbonyl (C=O) groups is 2. The van der Waals surface area contributed by atoms with Gasteiger partial charge in [0.25, 0.3) is 0 Å².